The molecule has 0 bridgehead atoms. The highest BCUT2D eigenvalue weighted by Crippen LogP contribution is 2.25. The van der Waals surface area contributed by atoms with Gasteiger partial charge in [0.2, 0.25) is 0 Å². The van der Waals surface area contributed by atoms with E-state index < -0.39 is 0 Å². The van der Waals surface area contributed by atoms with Gasteiger partial charge in [0.15, 0.2) is 0 Å². The van der Waals surface area contributed by atoms with Gasteiger partial charge in [0.1, 0.15) is 0 Å². The summed E-state index contributed by atoms with van der Waals surface area (Å²) in [5, 5.41) is 5.55. The summed E-state index contributed by atoms with van der Waals surface area (Å²) in [4.78, 5) is 3.23. The van der Waals surface area contributed by atoms with Gasteiger partial charge < -0.3 is 10.3 Å². The van der Waals surface area contributed by atoms with Crippen molar-refractivity contribution in [2.75, 3.05) is 6.54 Å². The summed E-state index contributed by atoms with van der Waals surface area (Å²) >= 11 is 6.28. The molecule has 90 valence electrons. The van der Waals surface area contributed by atoms with Crippen LogP contribution in [0.2, 0.25) is 5.02 Å². The molecule has 2 aromatic rings. The van der Waals surface area contributed by atoms with Crippen molar-refractivity contribution in [2.45, 2.75) is 31.7 Å². The molecule has 1 unspecified atom stereocenters. The van der Waals surface area contributed by atoms with Crippen LogP contribution in [0.1, 0.15) is 24.8 Å². The van der Waals surface area contributed by atoms with Crippen LogP contribution in [0.15, 0.2) is 24.4 Å². The van der Waals surface area contributed by atoms with E-state index in [1.807, 2.05) is 12.3 Å². The van der Waals surface area contributed by atoms with Gasteiger partial charge in [-0.3, -0.25) is 0 Å². The molecule has 3 heteroatoms. The van der Waals surface area contributed by atoms with Gasteiger partial charge in [0.25, 0.3) is 0 Å². The maximum atomic E-state index is 6.28. The van der Waals surface area contributed by atoms with Gasteiger partial charge in [0, 0.05) is 23.1 Å². The topological polar surface area (TPSA) is 27.8 Å². The van der Waals surface area contributed by atoms with Crippen LogP contribution in [0.4, 0.5) is 0 Å². The molecule has 1 aromatic heterocycles. The Hall–Kier alpha value is -0.990. The lowest BCUT2D eigenvalue weighted by molar-refractivity contribution is 0.399. The Morgan fingerprint density at radius 3 is 3.06 bits per heavy atom. The van der Waals surface area contributed by atoms with Crippen LogP contribution < -0.4 is 5.32 Å². The summed E-state index contributed by atoms with van der Waals surface area (Å²) in [6.45, 7) is 1.16. The van der Waals surface area contributed by atoms with Crippen molar-refractivity contribution in [3.8, 4) is 0 Å². The molecule has 1 aliphatic rings. The lowest BCUT2D eigenvalue weighted by Crippen LogP contribution is -2.35. The average Bonchev–Trinajstić information content (AvgIpc) is 2.79. The number of hydrogen-bond acceptors (Lipinski definition) is 1. The molecule has 0 radical (unpaired) electrons. The van der Waals surface area contributed by atoms with Gasteiger partial charge in [-0.05, 0) is 49.6 Å². The maximum Gasteiger partial charge on any atom is 0.0502 e. The van der Waals surface area contributed by atoms with Crippen LogP contribution in [0.5, 0.6) is 0 Å². The standard InChI is InChI=1S/C14H17ClN2/c15-13-8-10(7-11-3-1-2-5-16-11)9-14-12(13)4-6-17-14/h4,6,8-9,11,16-17H,1-3,5,7H2. The zero-order valence-electron chi connectivity index (χ0n) is 9.80. The van der Waals surface area contributed by atoms with Gasteiger partial charge in [-0.15, -0.1) is 0 Å². The minimum Gasteiger partial charge on any atom is -0.361 e. The number of benzene rings is 1. The van der Waals surface area contributed by atoms with Gasteiger partial charge in [0.05, 0.1) is 5.02 Å². The molecule has 0 saturated carbocycles. The van der Waals surface area contributed by atoms with E-state index in [1.54, 1.807) is 0 Å². The van der Waals surface area contributed by atoms with Crippen LogP contribution >= 0.6 is 11.6 Å². The van der Waals surface area contributed by atoms with Crippen LogP contribution in [-0.4, -0.2) is 17.6 Å². The second-order valence-corrected chi connectivity index (χ2v) is 5.27. The Labute approximate surface area is 106 Å². The molecular weight excluding hydrogens is 232 g/mol. The monoisotopic (exact) mass is 248 g/mol. The number of halogens is 1. The van der Waals surface area contributed by atoms with Gasteiger partial charge in [-0.2, -0.15) is 0 Å². The molecule has 3 rings (SSSR count). The molecule has 1 atom stereocenters. The van der Waals surface area contributed by atoms with Crippen LogP contribution in [0.25, 0.3) is 10.9 Å². The first-order valence-corrected chi connectivity index (χ1v) is 6.69. The second kappa shape index (κ2) is 4.71. The minimum atomic E-state index is 0.618. The van der Waals surface area contributed by atoms with Crippen LogP contribution in [-0.2, 0) is 6.42 Å². The molecule has 1 aliphatic heterocycles. The van der Waals surface area contributed by atoms with Crippen molar-refractivity contribution in [3.05, 3.63) is 35.0 Å². The van der Waals surface area contributed by atoms with Gasteiger partial charge >= 0.3 is 0 Å². The predicted octanol–water partition coefficient (Wildman–Crippen LogP) is 3.51. The molecule has 1 saturated heterocycles. The van der Waals surface area contributed by atoms with E-state index >= 15 is 0 Å². The number of aromatic amines is 1. The molecule has 17 heavy (non-hydrogen) atoms. The van der Waals surface area contributed by atoms with E-state index in [-0.39, 0.29) is 0 Å². The van der Waals surface area contributed by atoms with Crippen LogP contribution in [0, 0.1) is 0 Å². The fraction of sp³-hybridized carbons (Fsp3) is 0.429. The number of piperidine rings is 1. The third-order valence-electron chi connectivity index (χ3n) is 3.57. The summed E-state index contributed by atoms with van der Waals surface area (Å²) in [6, 6.07) is 6.97. The molecule has 2 nitrogen and oxygen atoms in total. The Morgan fingerprint density at radius 2 is 2.24 bits per heavy atom. The van der Waals surface area contributed by atoms with Crippen LogP contribution in [0.3, 0.4) is 0 Å². The van der Waals surface area contributed by atoms with Crippen molar-refractivity contribution in [1.29, 1.82) is 0 Å². The minimum absolute atomic E-state index is 0.618. The number of nitrogens with one attached hydrogen (secondary N) is 2. The summed E-state index contributed by atoms with van der Waals surface area (Å²) in [5.41, 5.74) is 2.47. The number of H-pyrrole nitrogens is 1. The Bertz CT molecular complexity index is 512. The fourth-order valence-corrected chi connectivity index (χ4v) is 2.98. The predicted molar refractivity (Wildman–Crippen MR) is 72.7 cm³/mol. The largest absolute Gasteiger partial charge is 0.361 e. The van der Waals surface area contributed by atoms with Gasteiger partial charge in [-0.1, -0.05) is 18.0 Å². The van der Waals surface area contributed by atoms with E-state index in [9.17, 15) is 0 Å². The SMILES string of the molecule is Clc1cc(CC2CCCCN2)cc2[nH]ccc12. The highest BCUT2D eigenvalue weighted by molar-refractivity contribution is 6.35. The molecular formula is C14H17ClN2. The molecule has 1 aromatic carbocycles. The van der Waals surface area contributed by atoms with Gasteiger partial charge in [-0.25, -0.2) is 0 Å². The molecule has 0 spiro atoms. The first kappa shape index (κ1) is 11.1. The van der Waals surface area contributed by atoms with E-state index in [1.165, 1.54) is 24.8 Å². The normalized spacial score (nSPS) is 20.9. The van der Waals surface area contributed by atoms with Crippen molar-refractivity contribution in [1.82, 2.24) is 10.3 Å². The van der Waals surface area contributed by atoms with Crippen molar-refractivity contribution < 1.29 is 0 Å². The number of aromatic nitrogens is 1. The van der Waals surface area contributed by atoms with Crippen molar-refractivity contribution >= 4 is 22.5 Å². The number of rotatable bonds is 2. The van der Waals surface area contributed by atoms with E-state index in [0.717, 1.165) is 28.9 Å². The molecule has 2 N–H and O–H groups in total. The second-order valence-electron chi connectivity index (χ2n) is 4.87. The number of fused-ring (bicyclic) bond motifs is 1. The molecule has 0 aliphatic carbocycles. The van der Waals surface area contributed by atoms with E-state index in [0.29, 0.717) is 6.04 Å². The highest BCUT2D eigenvalue weighted by atomic mass is 35.5. The molecule has 1 fully saturated rings. The zero-order chi connectivity index (χ0) is 11.7. The van der Waals surface area contributed by atoms with Crippen molar-refractivity contribution in [3.63, 3.8) is 0 Å². The molecule has 2 heterocycles. The summed E-state index contributed by atoms with van der Waals surface area (Å²) in [5.74, 6) is 0. The fourth-order valence-electron chi connectivity index (χ4n) is 2.68. The quantitative estimate of drug-likeness (QED) is 0.837. The third-order valence-corrected chi connectivity index (χ3v) is 3.89. The van der Waals surface area contributed by atoms with E-state index in [4.69, 9.17) is 11.6 Å². The molecule has 0 amide bonds. The highest BCUT2D eigenvalue weighted by Gasteiger charge is 2.14. The van der Waals surface area contributed by atoms with E-state index in [2.05, 4.69) is 22.4 Å². The van der Waals surface area contributed by atoms with Crippen molar-refractivity contribution in [2.24, 2.45) is 0 Å². The first-order chi connectivity index (χ1) is 8.33. The summed E-state index contributed by atoms with van der Waals surface area (Å²) in [7, 11) is 0. The first-order valence-electron chi connectivity index (χ1n) is 6.32. The number of hydrogen-bond donors (Lipinski definition) is 2. The Kier molecular flexibility index (Phi) is 3.08. The lowest BCUT2D eigenvalue weighted by Gasteiger charge is -2.23. The zero-order valence-corrected chi connectivity index (χ0v) is 10.6. The Balaban J connectivity index is 1.84. The smallest absolute Gasteiger partial charge is 0.0502 e. The summed E-state index contributed by atoms with van der Waals surface area (Å²) in [6.07, 6.45) is 6.96. The summed E-state index contributed by atoms with van der Waals surface area (Å²) < 4.78 is 0. The Morgan fingerprint density at radius 1 is 1.29 bits per heavy atom. The maximum absolute atomic E-state index is 6.28. The average molecular weight is 249 g/mol. The lowest BCUT2D eigenvalue weighted by atomic mass is 9.97. The third kappa shape index (κ3) is 2.33.